The van der Waals surface area contributed by atoms with Gasteiger partial charge in [-0.2, -0.15) is 13.2 Å². The van der Waals surface area contributed by atoms with Gasteiger partial charge in [0.15, 0.2) is 9.84 Å². The standard InChI is InChI=1S/C11H8BrF5O2S/c12-6-1-2-8(11(15,16)17)9(3-6)20(18,19)7-4-10(13,14)5-7/h1-3,7H,4-5H2. The SMILES string of the molecule is O=S(=O)(c1cc(Br)ccc1C(F)(F)F)C1CC(F)(F)C1. The van der Waals surface area contributed by atoms with E-state index in [2.05, 4.69) is 15.9 Å². The van der Waals surface area contributed by atoms with Gasteiger partial charge in [-0.25, -0.2) is 17.2 Å². The number of benzene rings is 1. The predicted octanol–water partition coefficient (Wildman–Crippen LogP) is 4.04. The van der Waals surface area contributed by atoms with E-state index >= 15 is 0 Å². The third-order valence-electron chi connectivity index (χ3n) is 3.05. The number of rotatable bonds is 2. The summed E-state index contributed by atoms with van der Waals surface area (Å²) in [5.41, 5.74) is -1.34. The molecule has 0 saturated heterocycles. The quantitative estimate of drug-likeness (QED) is 0.727. The maximum atomic E-state index is 12.8. The van der Waals surface area contributed by atoms with Gasteiger partial charge < -0.3 is 0 Å². The third-order valence-corrected chi connectivity index (χ3v) is 5.70. The predicted molar refractivity (Wildman–Crippen MR) is 64.3 cm³/mol. The number of alkyl halides is 5. The molecule has 0 atom stereocenters. The van der Waals surface area contributed by atoms with Crippen LogP contribution in [0.5, 0.6) is 0 Å². The van der Waals surface area contributed by atoms with Gasteiger partial charge in [-0.3, -0.25) is 0 Å². The Hall–Kier alpha value is -0.700. The summed E-state index contributed by atoms with van der Waals surface area (Å²) in [5.74, 6) is -3.12. The van der Waals surface area contributed by atoms with E-state index in [0.29, 0.717) is 6.07 Å². The van der Waals surface area contributed by atoms with Crippen LogP contribution in [0.25, 0.3) is 0 Å². The summed E-state index contributed by atoms with van der Waals surface area (Å²) in [5, 5.41) is -1.48. The molecule has 0 aliphatic heterocycles. The van der Waals surface area contributed by atoms with E-state index in [4.69, 9.17) is 0 Å². The van der Waals surface area contributed by atoms with Gasteiger partial charge in [0.1, 0.15) is 0 Å². The monoisotopic (exact) mass is 378 g/mol. The van der Waals surface area contributed by atoms with Gasteiger partial charge >= 0.3 is 6.18 Å². The van der Waals surface area contributed by atoms with Crippen LogP contribution in [-0.4, -0.2) is 19.6 Å². The Morgan fingerprint density at radius 2 is 1.75 bits per heavy atom. The fourth-order valence-electron chi connectivity index (χ4n) is 1.97. The smallest absolute Gasteiger partial charge is 0.223 e. The summed E-state index contributed by atoms with van der Waals surface area (Å²) in [6.07, 6.45) is -6.76. The maximum Gasteiger partial charge on any atom is 0.417 e. The molecule has 1 aliphatic carbocycles. The van der Waals surface area contributed by atoms with Crippen molar-refractivity contribution in [2.24, 2.45) is 0 Å². The normalized spacial score (nSPS) is 19.7. The van der Waals surface area contributed by atoms with Crippen molar-refractivity contribution in [2.45, 2.75) is 35.1 Å². The van der Waals surface area contributed by atoms with Crippen LogP contribution < -0.4 is 0 Å². The van der Waals surface area contributed by atoms with Gasteiger partial charge in [0.2, 0.25) is 0 Å². The molecular formula is C11H8BrF5O2S. The molecule has 9 heteroatoms. The second-order valence-electron chi connectivity index (χ2n) is 4.57. The van der Waals surface area contributed by atoms with Gasteiger partial charge in [0.25, 0.3) is 5.92 Å². The van der Waals surface area contributed by atoms with E-state index in [0.717, 1.165) is 12.1 Å². The fraction of sp³-hybridized carbons (Fsp3) is 0.455. The Morgan fingerprint density at radius 3 is 2.20 bits per heavy atom. The molecule has 0 heterocycles. The molecule has 2 nitrogen and oxygen atoms in total. The van der Waals surface area contributed by atoms with Gasteiger partial charge in [-0.15, -0.1) is 0 Å². The van der Waals surface area contributed by atoms with E-state index in [1.165, 1.54) is 0 Å². The molecule has 1 aromatic carbocycles. The second-order valence-corrected chi connectivity index (χ2v) is 7.68. The molecule has 1 fully saturated rings. The Kier molecular flexibility index (Phi) is 3.65. The van der Waals surface area contributed by atoms with E-state index in [1.54, 1.807) is 0 Å². The van der Waals surface area contributed by atoms with Crippen molar-refractivity contribution < 1.29 is 30.4 Å². The molecule has 1 saturated carbocycles. The minimum Gasteiger partial charge on any atom is -0.223 e. The number of hydrogen-bond acceptors (Lipinski definition) is 2. The molecule has 2 rings (SSSR count). The highest BCUT2D eigenvalue weighted by Crippen LogP contribution is 2.45. The third kappa shape index (κ3) is 2.83. The minimum absolute atomic E-state index is 0.134. The van der Waals surface area contributed by atoms with Crippen LogP contribution in [0.4, 0.5) is 22.0 Å². The molecule has 1 aliphatic rings. The molecule has 0 spiro atoms. The number of sulfone groups is 1. The first-order valence-corrected chi connectivity index (χ1v) is 7.76. The van der Waals surface area contributed by atoms with Crippen molar-refractivity contribution in [3.05, 3.63) is 28.2 Å². The summed E-state index contributed by atoms with van der Waals surface area (Å²) in [4.78, 5) is -0.958. The van der Waals surface area contributed by atoms with Crippen molar-refractivity contribution >= 4 is 25.8 Å². The molecule has 0 N–H and O–H groups in total. The van der Waals surface area contributed by atoms with E-state index in [-0.39, 0.29) is 4.47 Å². The first kappa shape index (κ1) is 15.7. The van der Waals surface area contributed by atoms with Gasteiger partial charge in [0, 0.05) is 17.3 Å². The largest absolute Gasteiger partial charge is 0.417 e. The lowest BCUT2D eigenvalue weighted by Gasteiger charge is -2.34. The number of halogens is 6. The lowest BCUT2D eigenvalue weighted by Crippen LogP contribution is -2.44. The molecule has 0 unspecified atom stereocenters. The zero-order valence-corrected chi connectivity index (χ0v) is 12.1. The lowest BCUT2D eigenvalue weighted by molar-refractivity contribution is -0.139. The van der Waals surface area contributed by atoms with Crippen molar-refractivity contribution in [2.75, 3.05) is 0 Å². The highest BCUT2D eigenvalue weighted by molar-refractivity contribution is 9.10. The van der Waals surface area contributed by atoms with Crippen LogP contribution in [0.15, 0.2) is 27.6 Å². The van der Waals surface area contributed by atoms with E-state index < -0.39 is 50.5 Å². The maximum absolute atomic E-state index is 12.8. The Bertz CT molecular complexity index is 631. The molecule has 0 bridgehead atoms. The van der Waals surface area contributed by atoms with Crippen LogP contribution >= 0.6 is 15.9 Å². The summed E-state index contributed by atoms with van der Waals surface area (Å²) in [7, 11) is -4.44. The average Bonchev–Trinajstić information content (AvgIpc) is 2.23. The topological polar surface area (TPSA) is 34.1 Å². The molecule has 0 radical (unpaired) electrons. The number of hydrogen-bond donors (Lipinski definition) is 0. The summed E-state index contributed by atoms with van der Waals surface area (Å²) >= 11 is 2.89. The van der Waals surface area contributed by atoms with Crippen LogP contribution in [0.2, 0.25) is 0 Å². The summed E-state index contributed by atoms with van der Waals surface area (Å²) < 4.78 is 88.2. The fourth-order valence-corrected chi connectivity index (χ4v) is 4.55. The van der Waals surface area contributed by atoms with Crippen molar-refractivity contribution in [1.29, 1.82) is 0 Å². The van der Waals surface area contributed by atoms with E-state index in [9.17, 15) is 30.4 Å². The Labute approximate surface area is 120 Å². The van der Waals surface area contributed by atoms with Crippen LogP contribution in [0, 0.1) is 0 Å². The Morgan fingerprint density at radius 1 is 1.20 bits per heavy atom. The van der Waals surface area contributed by atoms with Crippen molar-refractivity contribution in [3.63, 3.8) is 0 Å². The molecular weight excluding hydrogens is 371 g/mol. The zero-order chi connectivity index (χ0) is 15.3. The molecule has 20 heavy (non-hydrogen) atoms. The zero-order valence-electron chi connectivity index (χ0n) is 9.72. The highest BCUT2D eigenvalue weighted by Gasteiger charge is 2.53. The molecule has 1 aromatic rings. The van der Waals surface area contributed by atoms with Gasteiger partial charge in [0.05, 0.1) is 15.7 Å². The summed E-state index contributed by atoms with van der Waals surface area (Å²) in [6.45, 7) is 0. The van der Waals surface area contributed by atoms with Crippen molar-refractivity contribution in [1.82, 2.24) is 0 Å². The Balaban J connectivity index is 2.49. The molecule has 0 amide bonds. The van der Waals surface area contributed by atoms with Crippen LogP contribution in [0.1, 0.15) is 18.4 Å². The lowest BCUT2D eigenvalue weighted by atomic mass is 9.94. The summed E-state index contributed by atoms with van der Waals surface area (Å²) in [6, 6.07) is 2.47. The first-order chi connectivity index (χ1) is 8.93. The van der Waals surface area contributed by atoms with Crippen molar-refractivity contribution in [3.8, 4) is 0 Å². The molecule has 0 aromatic heterocycles. The molecule has 112 valence electrons. The van der Waals surface area contributed by atoms with E-state index in [1.807, 2.05) is 0 Å². The van der Waals surface area contributed by atoms with Crippen LogP contribution in [-0.2, 0) is 16.0 Å². The van der Waals surface area contributed by atoms with Gasteiger partial charge in [-0.1, -0.05) is 15.9 Å². The van der Waals surface area contributed by atoms with Gasteiger partial charge in [-0.05, 0) is 18.2 Å². The second kappa shape index (κ2) is 4.66. The first-order valence-electron chi connectivity index (χ1n) is 5.42. The minimum atomic E-state index is -4.87. The average molecular weight is 379 g/mol. The van der Waals surface area contributed by atoms with Crippen LogP contribution in [0.3, 0.4) is 0 Å². The highest BCUT2D eigenvalue weighted by atomic mass is 79.9.